The summed E-state index contributed by atoms with van der Waals surface area (Å²) in [5.41, 5.74) is 2.01. The van der Waals surface area contributed by atoms with Crippen molar-refractivity contribution in [3.8, 4) is 11.5 Å². The number of carbonyl (C=O) groups is 1. The first kappa shape index (κ1) is 24.9. The van der Waals surface area contributed by atoms with Crippen LogP contribution in [0.2, 0.25) is 0 Å². The van der Waals surface area contributed by atoms with Crippen LogP contribution in [0.15, 0.2) is 77.7 Å². The van der Waals surface area contributed by atoms with Gasteiger partial charge in [0.05, 0.1) is 10.9 Å². The zero-order valence-corrected chi connectivity index (χ0v) is 20.7. The highest BCUT2D eigenvalue weighted by Gasteiger charge is 2.38. The molecule has 0 unspecified atom stereocenters. The number of aryl methyl sites for hydroxylation is 1. The van der Waals surface area contributed by atoms with E-state index in [9.17, 15) is 17.6 Å². The Bertz CT molecular complexity index is 1280. The number of Topliss-reactive ketones (excluding diaryl/α,β-unsaturated/α-hetero) is 1. The van der Waals surface area contributed by atoms with Gasteiger partial charge >= 0.3 is 0 Å². The van der Waals surface area contributed by atoms with Gasteiger partial charge in [0, 0.05) is 32.7 Å². The molecule has 3 aromatic carbocycles. The van der Waals surface area contributed by atoms with Crippen LogP contribution >= 0.6 is 0 Å². The number of hydrogen-bond acceptors (Lipinski definition) is 5. The number of rotatable bonds is 9. The smallest absolute Gasteiger partial charge is 0.243 e. The number of sulfonamides is 1. The number of ketones is 1. The van der Waals surface area contributed by atoms with E-state index in [1.807, 2.05) is 67.5 Å². The molecule has 0 bridgehead atoms. The summed E-state index contributed by atoms with van der Waals surface area (Å²) in [5, 5.41) is 0. The monoisotopic (exact) mass is 496 g/mol. The summed E-state index contributed by atoms with van der Waals surface area (Å²) < 4.78 is 46.6. The molecule has 0 spiro atoms. The Morgan fingerprint density at radius 2 is 1.74 bits per heavy atom. The van der Waals surface area contributed by atoms with E-state index in [1.54, 1.807) is 0 Å². The molecule has 6 nitrogen and oxygen atoms in total. The largest absolute Gasteiger partial charge is 0.457 e. The van der Waals surface area contributed by atoms with E-state index in [0.717, 1.165) is 29.1 Å². The average Bonchev–Trinajstić information content (AvgIpc) is 3.35. The fourth-order valence-electron chi connectivity index (χ4n) is 4.24. The number of carbonyl (C=O) groups excluding carboxylic acids is 1. The number of benzene rings is 3. The van der Waals surface area contributed by atoms with Gasteiger partial charge in [0.25, 0.3) is 0 Å². The van der Waals surface area contributed by atoms with E-state index in [0.29, 0.717) is 25.0 Å². The minimum atomic E-state index is -3.86. The fraction of sp³-hybridized carbons (Fsp3) is 0.296. The number of ether oxygens (including phenoxy) is 1. The maximum atomic E-state index is 13.2. The molecule has 0 aliphatic carbocycles. The average molecular weight is 497 g/mol. The van der Waals surface area contributed by atoms with Crippen LogP contribution in [0.25, 0.3) is 0 Å². The molecule has 3 aromatic rings. The van der Waals surface area contributed by atoms with Crippen LogP contribution in [0.5, 0.6) is 11.5 Å². The lowest BCUT2D eigenvalue weighted by molar-refractivity contribution is -0.122. The quantitative estimate of drug-likeness (QED) is 0.415. The highest BCUT2D eigenvalue weighted by atomic mass is 32.2. The standard InChI is InChI=1S/C27H29FN2O4S/c1-29(2)22-11-13-23(14-12-22)34-24-6-3-5-20(19-24)8-17-27(31)26-7-4-18-30(26)35(32,33)25-15-9-21(28)10-16-25/h3,5-6,9-16,19,26H,4,7-8,17-18H2,1-2H3/t26-/m0/s1. The Morgan fingerprint density at radius 1 is 1.03 bits per heavy atom. The van der Waals surface area contributed by atoms with E-state index < -0.39 is 21.9 Å². The van der Waals surface area contributed by atoms with Gasteiger partial charge in [-0.2, -0.15) is 4.31 Å². The second kappa shape index (κ2) is 10.6. The van der Waals surface area contributed by atoms with E-state index in [2.05, 4.69) is 0 Å². The lowest BCUT2D eigenvalue weighted by Crippen LogP contribution is -2.40. The van der Waals surface area contributed by atoms with Crippen LogP contribution in [0, 0.1) is 5.82 Å². The van der Waals surface area contributed by atoms with Crippen molar-refractivity contribution in [1.82, 2.24) is 4.31 Å². The van der Waals surface area contributed by atoms with Crippen molar-refractivity contribution in [3.05, 3.63) is 84.2 Å². The first-order valence-electron chi connectivity index (χ1n) is 11.6. The second-order valence-electron chi connectivity index (χ2n) is 8.83. The van der Waals surface area contributed by atoms with E-state index in [-0.39, 0.29) is 23.6 Å². The Labute approximate surface area is 206 Å². The normalized spacial score (nSPS) is 16.3. The summed E-state index contributed by atoms with van der Waals surface area (Å²) in [6.07, 6.45) is 1.82. The molecule has 0 N–H and O–H groups in total. The van der Waals surface area contributed by atoms with Crippen LogP contribution in [0.4, 0.5) is 10.1 Å². The Hall–Kier alpha value is -3.23. The molecular formula is C27H29FN2O4S. The molecule has 1 fully saturated rings. The van der Waals surface area contributed by atoms with Crippen molar-refractivity contribution in [1.29, 1.82) is 0 Å². The zero-order chi connectivity index (χ0) is 25.0. The molecule has 0 aromatic heterocycles. The van der Waals surface area contributed by atoms with Gasteiger partial charge in [-0.25, -0.2) is 12.8 Å². The van der Waals surface area contributed by atoms with Crippen molar-refractivity contribution < 1.29 is 22.3 Å². The summed E-state index contributed by atoms with van der Waals surface area (Å²) in [6.45, 7) is 0.284. The Balaban J connectivity index is 1.39. The van der Waals surface area contributed by atoms with Crippen molar-refractivity contribution in [3.63, 3.8) is 0 Å². The molecule has 0 saturated carbocycles. The van der Waals surface area contributed by atoms with Crippen molar-refractivity contribution in [2.75, 3.05) is 25.5 Å². The number of nitrogens with zero attached hydrogens (tertiary/aromatic N) is 2. The van der Waals surface area contributed by atoms with Crippen LogP contribution < -0.4 is 9.64 Å². The van der Waals surface area contributed by atoms with Gasteiger partial charge in [0.1, 0.15) is 17.3 Å². The summed E-state index contributed by atoms with van der Waals surface area (Å²) >= 11 is 0. The third kappa shape index (κ3) is 5.89. The highest BCUT2D eigenvalue weighted by molar-refractivity contribution is 7.89. The number of hydrogen-bond donors (Lipinski definition) is 0. The molecule has 8 heteroatoms. The molecule has 1 aliphatic rings. The Morgan fingerprint density at radius 3 is 2.43 bits per heavy atom. The van der Waals surface area contributed by atoms with Crippen molar-refractivity contribution in [2.45, 2.75) is 36.6 Å². The van der Waals surface area contributed by atoms with Crippen LogP contribution in [-0.2, 0) is 21.2 Å². The lowest BCUT2D eigenvalue weighted by Gasteiger charge is -2.23. The Kier molecular flexibility index (Phi) is 7.52. The predicted molar refractivity (Wildman–Crippen MR) is 134 cm³/mol. The van der Waals surface area contributed by atoms with Crippen LogP contribution in [0.3, 0.4) is 0 Å². The van der Waals surface area contributed by atoms with Gasteiger partial charge in [-0.3, -0.25) is 4.79 Å². The molecule has 35 heavy (non-hydrogen) atoms. The van der Waals surface area contributed by atoms with Gasteiger partial charge in [-0.1, -0.05) is 12.1 Å². The van der Waals surface area contributed by atoms with E-state index >= 15 is 0 Å². The second-order valence-corrected chi connectivity index (χ2v) is 10.7. The van der Waals surface area contributed by atoms with Gasteiger partial charge in [0.15, 0.2) is 5.78 Å². The molecule has 1 saturated heterocycles. The maximum absolute atomic E-state index is 13.2. The first-order valence-corrected chi connectivity index (χ1v) is 13.0. The lowest BCUT2D eigenvalue weighted by atomic mass is 10.0. The molecule has 4 rings (SSSR count). The molecular weight excluding hydrogens is 467 g/mol. The molecule has 0 amide bonds. The molecule has 1 aliphatic heterocycles. The summed E-state index contributed by atoms with van der Waals surface area (Å²) in [4.78, 5) is 15.0. The minimum Gasteiger partial charge on any atom is -0.457 e. The molecule has 1 heterocycles. The summed E-state index contributed by atoms with van der Waals surface area (Å²) in [6, 6.07) is 19.3. The minimum absolute atomic E-state index is 0.00191. The fourth-order valence-corrected chi connectivity index (χ4v) is 5.92. The van der Waals surface area contributed by atoms with Gasteiger partial charge < -0.3 is 9.64 Å². The zero-order valence-electron chi connectivity index (χ0n) is 19.9. The van der Waals surface area contributed by atoms with Crippen molar-refractivity contribution in [2.24, 2.45) is 0 Å². The topological polar surface area (TPSA) is 66.9 Å². The van der Waals surface area contributed by atoms with Gasteiger partial charge in [-0.05, 0) is 85.5 Å². The van der Waals surface area contributed by atoms with Crippen molar-refractivity contribution >= 4 is 21.5 Å². The number of anilines is 1. The predicted octanol–water partition coefficient (Wildman–Crippen LogP) is 5.04. The van der Waals surface area contributed by atoms with Gasteiger partial charge in [0.2, 0.25) is 10.0 Å². The van der Waals surface area contributed by atoms with E-state index in [4.69, 9.17) is 4.74 Å². The molecule has 1 atom stereocenters. The van der Waals surface area contributed by atoms with Gasteiger partial charge in [-0.15, -0.1) is 0 Å². The number of halogens is 1. The van der Waals surface area contributed by atoms with Crippen LogP contribution in [-0.4, -0.2) is 45.2 Å². The first-order chi connectivity index (χ1) is 16.7. The third-order valence-corrected chi connectivity index (χ3v) is 8.07. The van der Waals surface area contributed by atoms with E-state index in [1.165, 1.54) is 16.4 Å². The highest BCUT2D eigenvalue weighted by Crippen LogP contribution is 2.29. The molecule has 0 radical (unpaired) electrons. The summed E-state index contributed by atoms with van der Waals surface area (Å²) in [7, 11) is 0.0920. The third-order valence-electron chi connectivity index (χ3n) is 6.14. The summed E-state index contributed by atoms with van der Waals surface area (Å²) in [5.74, 6) is 0.777. The SMILES string of the molecule is CN(C)c1ccc(Oc2cccc(CCC(=O)[C@@H]3CCCN3S(=O)(=O)c3ccc(F)cc3)c2)cc1. The van der Waals surface area contributed by atoms with Crippen LogP contribution in [0.1, 0.15) is 24.8 Å². The molecule has 184 valence electrons. The maximum Gasteiger partial charge on any atom is 0.243 e.